The second-order valence-corrected chi connectivity index (χ2v) is 4.34. The Morgan fingerprint density at radius 3 is 2.41 bits per heavy atom. The van der Waals surface area contributed by atoms with Crippen LogP contribution in [0.15, 0.2) is 43.0 Å². The van der Waals surface area contributed by atoms with Crippen LogP contribution in [0.2, 0.25) is 0 Å². The van der Waals surface area contributed by atoms with Gasteiger partial charge in [0, 0.05) is 42.3 Å². The van der Waals surface area contributed by atoms with Crippen molar-refractivity contribution < 1.29 is 0 Å². The van der Waals surface area contributed by atoms with Crippen LogP contribution in [-0.2, 0) is 0 Å². The van der Waals surface area contributed by atoms with E-state index < -0.39 is 0 Å². The molecule has 1 aliphatic rings. The van der Waals surface area contributed by atoms with Gasteiger partial charge in [0.1, 0.15) is 6.33 Å². The summed E-state index contributed by atoms with van der Waals surface area (Å²) >= 11 is 0. The smallest absolute Gasteiger partial charge is 0.115 e. The molecule has 0 amide bonds. The first-order valence-electron chi connectivity index (χ1n) is 6.04. The van der Waals surface area contributed by atoms with Crippen molar-refractivity contribution in [1.82, 2.24) is 9.97 Å². The maximum absolute atomic E-state index is 4.10. The SMILES string of the molecule is c1ccc(N2CCCC2)c(-c2cncnc2)c1. The van der Waals surface area contributed by atoms with Crippen molar-refractivity contribution in [3.05, 3.63) is 43.0 Å². The Morgan fingerprint density at radius 1 is 0.941 bits per heavy atom. The molecule has 0 aliphatic carbocycles. The number of hydrogen-bond donors (Lipinski definition) is 0. The normalized spacial score (nSPS) is 15.2. The van der Waals surface area contributed by atoms with Gasteiger partial charge in [0.05, 0.1) is 0 Å². The Morgan fingerprint density at radius 2 is 1.65 bits per heavy atom. The number of anilines is 1. The van der Waals surface area contributed by atoms with E-state index in [1.165, 1.54) is 24.1 Å². The van der Waals surface area contributed by atoms with E-state index in [-0.39, 0.29) is 0 Å². The molecule has 1 fully saturated rings. The summed E-state index contributed by atoms with van der Waals surface area (Å²) in [5.41, 5.74) is 3.63. The van der Waals surface area contributed by atoms with Crippen LogP contribution < -0.4 is 4.90 Å². The molecular weight excluding hydrogens is 210 g/mol. The molecule has 17 heavy (non-hydrogen) atoms. The quantitative estimate of drug-likeness (QED) is 0.787. The lowest BCUT2D eigenvalue weighted by molar-refractivity contribution is 0.949. The molecule has 2 heterocycles. The first-order valence-corrected chi connectivity index (χ1v) is 6.04. The highest BCUT2D eigenvalue weighted by atomic mass is 15.1. The van der Waals surface area contributed by atoms with Gasteiger partial charge in [-0.15, -0.1) is 0 Å². The zero-order chi connectivity index (χ0) is 11.5. The summed E-state index contributed by atoms with van der Waals surface area (Å²) in [6.45, 7) is 2.31. The van der Waals surface area contributed by atoms with Crippen LogP contribution in [0, 0.1) is 0 Å². The Bertz CT molecular complexity index is 490. The summed E-state index contributed by atoms with van der Waals surface area (Å²) in [7, 11) is 0. The van der Waals surface area contributed by atoms with Crippen molar-refractivity contribution in [2.24, 2.45) is 0 Å². The molecule has 0 spiro atoms. The number of para-hydroxylation sites is 1. The predicted octanol–water partition coefficient (Wildman–Crippen LogP) is 2.74. The van der Waals surface area contributed by atoms with Crippen molar-refractivity contribution in [2.75, 3.05) is 18.0 Å². The largest absolute Gasteiger partial charge is 0.371 e. The standard InChI is InChI=1S/C14H15N3/c1-2-6-14(17-7-3-4-8-17)13(5-1)12-9-15-11-16-10-12/h1-2,5-6,9-11H,3-4,7-8H2. The van der Waals surface area contributed by atoms with Gasteiger partial charge in [0.25, 0.3) is 0 Å². The third kappa shape index (κ3) is 2.00. The summed E-state index contributed by atoms with van der Waals surface area (Å²) in [5, 5.41) is 0. The lowest BCUT2D eigenvalue weighted by atomic mass is 10.1. The summed E-state index contributed by atoms with van der Waals surface area (Å²) in [4.78, 5) is 10.6. The highest BCUT2D eigenvalue weighted by molar-refractivity contribution is 5.77. The highest BCUT2D eigenvalue weighted by Crippen LogP contribution is 2.31. The van der Waals surface area contributed by atoms with Crippen LogP contribution in [0.4, 0.5) is 5.69 Å². The molecule has 1 aromatic carbocycles. The first-order chi connectivity index (χ1) is 8.45. The summed E-state index contributed by atoms with van der Waals surface area (Å²) in [5.74, 6) is 0. The van der Waals surface area contributed by atoms with Crippen molar-refractivity contribution in [3.63, 3.8) is 0 Å². The van der Waals surface area contributed by atoms with Gasteiger partial charge in [-0.3, -0.25) is 0 Å². The van der Waals surface area contributed by atoms with Crippen LogP contribution in [0.25, 0.3) is 11.1 Å². The van der Waals surface area contributed by atoms with Gasteiger partial charge >= 0.3 is 0 Å². The number of nitrogens with zero attached hydrogens (tertiary/aromatic N) is 3. The Hall–Kier alpha value is -1.90. The molecule has 0 radical (unpaired) electrons. The van der Waals surface area contributed by atoms with Crippen molar-refractivity contribution in [3.8, 4) is 11.1 Å². The second-order valence-electron chi connectivity index (χ2n) is 4.34. The molecule has 1 saturated heterocycles. The Balaban J connectivity index is 2.04. The van der Waals surface area contributed by atoms with Gasteiger partial charge in [0.2, 0.25) is 0 Å². The lowest BCUT2D eigenvalue weighted by Crippen LogP contribution is -2.18. The van der Waals surface area contributed by atoms with Crippen LogP contribution in [0.1, 0.15) is 12.8 Å². The second kappa shape index (κ2) is 4.53. The molecular formula is C14H15N3. The van der Waals surface area contributed by atoms with E-state index in [9.17, 15) is 0 Å². The summed E-state index contributed by atoms with van der Waals surface area (Å²) < 4.78 is 0. The fraction of sp³-hybridized carbons (Fsp3) is 0.286. The van der Waals surface area contributed by atoms with Crippen LogP contribution >= 0.6 is 0 Å². The van der Waals surface area contributed by atoms with E-state index in [1.54, 1.807) is 6.33 Å². The molecule has 0 N–H and O–H groups in total. The molecule has 2 aromatic rings. The summed E-state index contributed by atoms with van der Waals surface area (Å²) in [6, 6.07) is 8.50. The van der Waals surface area contributed by atoms with Crippen LogP contribution in [-0.4, -0.2) is 23.1 Å². The number of aromatic nitrogens is 2. The van der Waals surface area contributed by atoms with E-state index >= 15 is 0 Å². The lowest BCUT2D eigenvalue weighted by Gasteiger charge is -2.21. The zero-order valence-corrected chi connectivity index (χ0v) is 9.71. The van der Waals surface area contributed by atoms with Crippen molar-refractivity contribution in [2.45, 2.75) is 12.8 Å². The van der Waals surface area contributed by atoms with Crippen molar-refractivity contribution in [1.29, 1.82) is 0 Å². The van der Waals surface area contributed by atoms with Gasteiger partial charge < -0.3 is 4.90 Å². The fourth-order valence-corrected chi connectivity index (χ4v) is 2.39. The molecule has 0 bridgehead atoms. The molecule has 1 aromatic heterocycles. The maximum Gasteiger partial charge on any atom is 0.115 e. The van der Waals surface area contributed by atoms with Crippen LogP contribution in [0.5, 0.6) is 0 Å². The average Bonchev–Trinajstić information content (AvgIpc) is 2.94. The Labute approximate surface area is 101 Å². The zero-order valence-electron chi connectivity index (χ0n) is 9.71. The maximum atomic E-state index is 4.10. The van der Waals surface area contributed by atoms with Gasteiger partial charge in [-0.05, 0) is 18.9 Å². The van der Waals surface area contributed by atoms with Crippen LogP contribution in [0.3, 0.4) is 0 Å². The number of benzene rings is 1. The topological polar surface area (TPSA) is 29.0 Å². The highest BCUT2D eigenvalue weighted by Gasteiger charge is 2.15. The minimum absolute atomic E-state index is 1.09. The average molecular weight is 225 g/mol. The number of rotatable bonds is 2. The molecule has 3 nitrogen and oxygen atoms in total. The molecule has 0 unspecified atom stereocenters. The predicted molar refractivity (Wildman–Crippen MR) is 68.9 cm³/mol. The molecule has 86 valence electrons. The molecule has 0 atom stereocenters. The van der Waals surface area contributed by atoms with E-state index in [2.05, 4.69) is 39.1 Å². The first kappa shape index (κ1) is 10.3. The third-order valence-electron chi connectivity index (χ3n) is 3.22. The van der Waals surface area contributed by atoms with E-state index in [4.69, 9.17) is 0 Å². The summed E-state index contributed by atoms with van der Waals surface area (Å²) in [6.07, 6.45) is 7.91. The molecule has 0 saturated carbocycles. The van der Waals surface area contributed by atoms with E-state index in [0.717, 1.165) is 18.7 Å². The van der Waals surface area contributed by atoms with Gasteiger partial charge in [0.15, 0.2) is 0 Å². The monoisotopic (exact) mass is 225 g/mol. The van der Waals surface area contributed by atoms with E-state index in [0.29, 0.717) is 0 Å². The minimum Gasteiger partial charge on any atom is -0.371 e. The number of hydrogen-bond acceptors (Lipinski definition) is 3. The van der Waals surface area contributed by atoms with Crippen molar-refractivity contribution >= 4 is 5.69 Å². The molecule has 3 heteroatoms. The third-order valence-corrected chi connectivity index (χ3v) is 3.22. The van der Waals surface area contributed by atoms with Gasteiger partial charge in [-0.2, -0.15) is 0 Å². The molecule has 3 rings (SSSR count). The molecule has 1 aliphatic heterocycles. The van der Waals surface area contributed by atoms with E-state index in [1.807, 2.05) is 12.4 Å². The van der Waals surface area contributed by atoms with Gasteiger partial charge in [-0.1, -0.05) is 18.2 Å². The van der Waals surface area contributed by atoms with Gasteiger partial charge in [-0.25, -0.2) is 9.97 Å². The minimum atomic E-state index is 1.09. The fourth-order valence-electron chi connectivity index (χ4n) is 2.39. The Kier molecular flexibility index (Phi) is 2.74.